The van der Waals surface area contributed by atoms with E-state index in [2.05, 4.69) is 20.2 Å². The molecular formula is C15H11F4N5O2S. The Kier molecular flexibility index (Phi) is 4.93. The molecule has 0 aliphatic heterocycles. The van der Waals surface area contributed by atoms with Crippen LogP contribution in [0, 0.1) is 5.82 Å². The maximum Gasteiger partial charge on any atom is 0.416 e. The molecule has 3 rings (SSSR count). The normalized spacial score (nSPS) is 12.3. The number of hydrogen-bond donors (Lipinski definition) is 1. The number of nitrogens with zero attached hydrogens (tertiary/aromatic N) is 4. The topological polar surface area (TPSA) is 89.8 Å². The zero-order valence-electron chi connectivity index (χ0n) is 13.4. The van der Waals surface area contributed by atoms with Crippen molar-refractivity contribution in [2.24, 2.45) is 0 Å². The third-order valence-corrected chi connectivity index (χ3v) is 4.88. The van der Waals surface area contributed by atoms with Crippen molar-refractivity contribution < 1.29 is 26.0 Å². The number of aromatic nitrogens is 4. The van der Waals surface area contributed by atoms with Gasteiger partial charge in [-0.15, -0.1) is 5.10 Å². The zero-order valence-corrected chi connectivity index (χ0v) is 14.2. The van der Waals surface area contributed by atoms with Gasteiger partial charge in [0.15, 0.2) is 5.82 Å². The molecule has 0 saturated heterocycles. The van der Waals surface area contributed by atoms with E-state index < -0.39 is 39.0 Å². The first-order valence-electron chi connectivity index (χ1n) is 7.37. The summed E-state index contributed by atoms with van der Waals surface area (Å²) in [5.41, 5.74) is -0.830. The molecule has 0 atom stereocenters. The first kappa shape index (κ1) is 18.9. The molecule has 1 N–H and O–H groups in total. The molecule has 0 bridgehead atoms. The summed E-state index contributed by atoms with van der Waals surface area (Å²) < 4.78 is 79.4. The van der Waals surface area contributed by atoms with Gasteiger partial charge in [-0.05, 0) is 46.8 Å². The number of sulfonamides is 1. The van der Waals surface area contributed by atoms with Crippen LogP contribution in [0.25, 0.3) is 5.69 Å². The second-order valence-corrected chi connectivity index (χ2v) is 7.10. The van der Waals surface area contributed by atoms with Gasteiger partial charge in [0, 0.05) is 0 Å². The highest BCUT2D eigenvalue weighted by molar-refractivity contribution is 7.89. The molecule has 0 aliphatic rings. The van der Waals surface area contributed by atoms with Crippen LogP contribution in [0.3, 0.4) is 0 Å². The van der Waals surface area contributed by atoms with Crippen LogP contribution in [0.5, 0.6) is 0 Å². The predicted molar refractivity (Wildman–Crippen MR) is 84.6 cm³/mol. The van der Waals surface area contributed by atoms with Gasteiger partial charge in [-0.1, -0.05) is 12.1 Å². The molecule has 0 saturated carbocycles. The van der Waals surface area contributed by atoms with Crippen LogP contribution in [-0.4, -0.2) is 28.6 Å². The average Bonchev–Trinajstić information content (AvgIpc) is 3.08. The van der Waals surface area contributed by atoms with Crippen LogP contribution < -0.4 is 4.72 Å². The van der Waals surface area contributed by atoms with Gasteiger partial charge in [0.25, 0.3) is 0 Å². The van der Waals surface area contributed by atoms with Crippen LogP contribution in [0.4, 0.5) is 17.6 Å². The molecule has 0 aliphatic carbocycles. The summed E-state index contributed by atoms with van der Waals surface area (Å²) in [5, 5.41) is 10.7. The van der Waals surface area contributed by atoms with Gasteiger partial charge in [-0.3, -0.25) is 0 Å². The highest BCUT2D eigenvalue weighted by Crippen LogP contribution is 2.30. The Morgan fingerprint density at radius 1 is 1.07 bits per heavy atom. The second kappa shape index (κ2) is 7.04. The van der Waals surface area contributed by atoms with Gasteiger partial charge in [-0.25, -0.2) is 17.5 Å². The molecule has 0 unspecified atom stereocenters. The Hall–Kier alpha value is -2.86. The van der Waals surface area contributed by atoms with E-state index in [-0.39, 0.29) is 11.5 Å². The fraction of sp³-hybridized carbons (Fsp3) is 0.133. The number of alkyl halides is 3. The van der Waals surface area contributed by atoms with Crippen molar-refractivity contribution in [1.82, 2.24) is 24.9 Å². The van der Waals surface area contributed by atoms with Gasteiger partial charge < -0.3 is 0 Å². The van der Waals surface area contributed by atoms with E-state index in [9.17, 15) is 26.0 Å². The maximum atomic E-state index is 13.3. The number of nitrogens with one attached hydrogen (secondary N) is 1. The van der Waals surface area contributed by atoms with Crippen molar-refractivity contribution >= 4 is 10.0 Å². The Balaban J connectivity index is 1.83. The molecule has 0 amide bonds. The Labute approximate surface area is 150 Å². The lowest BCUT2D eigenvalue weighted by atomic mass is 10.2. The van der Waals surface area contributed by atoms with E-state index in [4.69, 9.17) is 0 Å². The van der Waals surface area contributed by atoms with E-state index in [1.54, 1.807) is 0 Å². The van der Waals surface area contributed by atoms with Crippen LogP contribution in [0.2, 0.25) is 0 Å². The lowest BCUT2D eigenvalue weighted by Crippen LogP contribution is -2.25. The Morgan fingerprint density at radius 3 is 2.52 bits per heavy atom. The smallest absolute Gasteiger partial charge is 0.207 e. The van der Waals surface area contributed by atoms with Gasteiger partial charge in [-0.2, -0.15) is 17.9 Å². The van der Waals surface area contributed by atoms with Crippen molar-refractivity contribution in [2.75, 3.05) is 0 Å². The van der Waals surface area contributed by atoms with E-state index >= 15 is 0 Å². The summed E-state index contributed by atoms with van der Waals surface area (Å²) in [7, 11) is -4.26. The van der Waals surface area contributed by atoms with E-state index in [0.29, 0.717) is 6.07 Å². The first-order chi connectivity index (χ1) is 12.7. The molecule has 3 aromatic rings. The highest BCUT2D eigenvalue weighted by Gasteiger charge is 2.31. The summed E-state index contributed by atoms with van der Waals surface area (Å²) in [6.07, 6.45) is -4.67. The van der Waals surface area contributed by atoms with E-state index in [1.165, 1.54) is 18.2 Å². The lowest BCUT2D eigenvalue weighted by Gasteiger charge is -2.10. The van der Waals surface area contributed by atoms with Crippen molar-refractivity contribution in [2.45, 2.75) is 17.6 Å². The molecule has 1 aromatic heterocycles. The van der Waals surface area contributed by atoms with Crippen molar-refractivity contribution in [3.63, 3.8) is 0 Å². The van der Waals surface area contributed by atoms with Crippen molar-refractivity contribution in [1.29, 1.82) is 0 Å². The van der Waals surface area contributed by atoms with Crippen LogP contribution >= 0.6 is 0 Å². The minimum Gasteiger partial charge on any atom is -0.207 e. The molecule has 27 heavy (non-hydrogen) atoms. The number of halogens is 4. The van der Waals surface area contributed by atoms with Crippen LogP contribution in [-0.2, 0) is 22.7 Å². The Morgan fingerprint density at radius 2 is 1.81 bits per heavy atom. The van der Waals surface area contributed by atoms with E-state index in [1.807, 2.05) is 0 Å². The monoisotopic (exact) mass is 401 g/mol. The standard InChI is InChI=1S/C15H11F4N5O2S/c16-11-4-2-5-12(8-11)24-14(21-22-23-24)9-20-27(25,26)13-6-1-3-10(7-13)15(17,18)19/h1-8,20H,9H2. The third kappa shape index (κ3) is 4.28. The van der Waals surface area contributed by atoms with Gasteiger partial charge in [0.1, 0.15) is 5.82 Å². The second-order valence-electron chi connectivity index (χ2n) is 5.34. The molecule has 0 spiro atoms. The summed E-state index contributed by atoms with van der Waals surface area (Å²) >= 11 is 0. The van der Waals surface area contributed by atoms with Crippen molar-refractivity contribution in [3.8, 4) is 5.69 Å². The number of rotatable bonds is 5. The minimum atomic E-state index is -4.67. The van der Waals surface area contributed by atoms with Gasteiger partial charge >= 0.3 is 6.18 Å². The first-order valence-corrected chi connectivity index (χ1v) is 8.85. The van der Waals surface area contributed by atoms with Crippen LogP contribution in [0.15, 0.2) is 53.4 Å². The zero-order chi connectivity index (χ0) is 19.7. The fourth-order valence-electron chi connectivity index (χ4n) is 2.21. The lowest BCUT2D eigenvalue weighted by molar-refractivity contribution is -0.137. The molecule has 2 aromatic carbocycles. The van der Waals surface area contributed by atoms with E-state index in [0.717, 1.165) is 28.9 Å². The molecular weight excluding hydrogens is 390 g/mol. The quantitative estimate of drug-likeness (QED) is 0.663. The average molecular weight is 401 g/mol. The molecule has 0 fully saturated rings. The molecule has 0 radical (unpaired) electrons. The SMILES string of the molecule is O=S(=O)(NCc1nnnn1-c1cccc(F)c1)c1cccc(C(F)(F)F)c1. The minimum absolute atomic E-state index is 0.0242. The molecule has 7 nitrogen and oxygen atoms in total. The summed E-state index contributed by atoms with van der Waals surface area (Å²) in [5.74, 6) is -0.519. The third-order valence-electron chi connectivity index (χ3n) is 3.48. The van der Waals surface area contributed by atoms with Gasteiger partial charge in [0.05, 0.1) is 22.7 Å². The number of benzene rings is 2. The summed E-state index contributed by atoms with van der Waals surface area (Å²) in [6, 6.07) is 8.60. The van der Waals surface area contributed by atoms with Crippen molar-refractivity contribution in [3.05, 3.63) is 65.7 Å². The Bertz CT molecular complexity index is 1070. The molecule has 12 heteroatoms. The van der Waals surface area contributed by atoms with Gasteiger partial charge in [0.2, 0.25) is 10.0 Å². The molecule has 1 heterocycles. The maximum absolute atomic E-state index is 13.3. The largest absolute Gasteiger partial charge is 0.416 e. The summed E-state index contributed by atoms with van der Waals surface area (Å²) in [4.78, 5) is -0.554. The molecule has 142 valence electrons. The van der Waals surface area contributed by atoms with Crippen LogP contribution in [0.1, 0.15) is 11.4 Å². The fourth-order valence-corrected chi connectivity index (χ4v) is 3.23. The number of tetrazole rings is 1. The summed E-state index contributed by atoms with van der Waals surface area (Å²) in [6.45, 7) is -0.415. The predicted octanol–water partition coefficient (Wildman–Crippen LogP) is 2.30. The highest BCUT2D eigenvalue weighted by atomic mass is 32.2. The number of hydrogen-bond acceptors (Lipinski definition) is 5.